The van der Waals surface area contributed by atoms with E-state index in [0.717, 1.165) is 48.5 Å². The number of rotatable bonds is 10. The maximum Gasteiger partial charge on any atom is 0.191 e. The standard InChI is InChI=1S/C21H27N3O2.HI/c1-2-12-22-21(23-13-11-19-7-5-14-25-19)24-15-18-6-3-4-8-20(18)26-16-17-9-10-17;/h2-8,14,17H,1,9-13,15-16H2,(H2,22,23,24);1H. The number of ether oxygens (including phenoxy) is 1. The van der Waals surface area contributed by atoms with Gasteiger partial charge in [-0.3, -0.25) is 0 Å². The monoisotopic (exact) mass is 481 g/mol. The van der Waals surface area contributed by atoms with E-state index in [4.69, 9.17) is 9.15 Å². The molecule has 0 atom stereocenters. The Hall–Kier alpha value is -1.96. The Morgan fingerprint density at radius 1 is 1.22 bits per heavy atom. The number of furan rings is 1. The summed E-state index contributed by atoms with van der Waals surface area (Å²) < 4.78 is 11.3. The summed E-state index contributed by atoms with van der Waals surface area (Å²) in [5.74, 6) is 3.38. The summed E-state index contributed by atoms with van der Waals surface area (Å²) >= 11 is 0. The van der Waals surface area contributed by atoms with Crippen LogP contribution in [-0.4, -0.2) is 25.7 Å². The molecule has 1 saturated carbocycles. The summed E-state index contributed by atoms with van der Waals surface area (Å²) in [6.45, 7) is 6.53. The fraction of sp³-hybridized carbons (Fsp3) is 0.381. The van der Waals surface area contributed by atoms with E-state index in [1.807, 2.05) is 36.4 Å². The highest BCUT2D eigenvalue weighted by Gasteiger charge is 2.22. The van der Waals surface area contributed by atoms with Gasteiger partial charge >= 0.3 is 0 Å². The van der Waals surface area contributed by atoms with Crippen molar-refractivity contribution >= 4 is 29.9 Å². The third kappa shape index (κ3) is 7.66. The van der Waals surface area contributed by atoms with Gasteiger partial charge in [0.15, 0.2) is 5.96 Å². The SMILES string of the molecule is C=CCNC(=NCc1ccccc1OCC1CC1)NCCc1ccco1.I. The zero-order valence-corrected chi connectivity index (χ0v) is 17.9. The highest BCUT2D eigenvalue weighted by atomic mass is 127. The normalized spacial score (nSPS) is 13.6. The van der Waals surface area contributed by atoms with E-state index in [-0.39, 0.29) is 24.0 Å². The number of hydrogen-bond acceptors (Lipinski definition) is 3. The smallest absolute Gasteiger partial charge is 0.191 e. The molecule has 1 aromatic carbocycles. The second-order valence-corrected chi connectivity index (χ2v) is 6.45. The fourth-order valence-electron chi connectivity index (χ4n) is 2.53. The Bertz CT molecular complexity index is 712. The number of hydrogen-bond donors (Lipinski definition) is 2. The number of para-hydroxylation sites is 1. The third-order valence-electron chi connectivity index (χ3n) is 4.21. The lowest BCUT2D eigenvalue weighted by atomic mass is 10.2. The molecule has 6 heteroatoms. The minimum absolute atomic E-state index is 0. The van der Waals surface area contributed by atoms with Gasteiger partial charge in [-0.25, -0.2) is 4.99 Å². The lowest BCUT2D eigenvalue weighted by Gasteiger charge is -2.13. The van der Waals surface area contributed by atoms with Crippen LogP contribution in [0.3, 0.4) is 0 Å². The molecule has 1 fully saturated rings. The largest absolute Gasteiger partial charge is 0.493 e. The van der Waals surface area contributed by atoms with Crippen LogP contribution in [0.5, 0.6) is 5.75 Å². The van der Waals surface area contributed by atoms with E-state index in [1.165, 1.54) is 12.8 Å². The number of nitrogens with one attached hydrogen (secondary N) is 2. The molecule has 146 valence electrons. The first-order chi connectivity index (χ1) is 12.8. The molecule has 1 aliphatic rings. The molecule has 2 N–H and O–H groups in total. The van der Waals surface area contributed by atoms with Crippen molar-refractivity contribution in [3.8, 4) is 5.75 Å². The van der Waals surface area contributed by atoms with Gasteiger partial charge < -0.3 is 19.8 Å². The molecule has 0 unspecified atom stereocenters. The van der Waals surface area contributed by atoms with Crippen LogP contribution >= 0.6 is 24.0 Å². The average Bonchev–Trinajstić information content (AvgIpc) is 3.36. The van der Waals surface area contributed by atoms with Crippen molar-refractivity contribution < 1.29 is 9.15 Å². The van der Waals surface area contributed by atoms with Gasteiger partial charge in [-0.15, -0.1) is 30.6 Å². The van der Waals surface area contributed by atoms with Gasteiger partial charge in [-0.1, -0.05) is 24.3 Å². The van der Waals surface area contributed by atoms with Gasteiger partial charge in [0.2, 0.25) is 0 Å². The summed E-state index contributed by atoms with van der Waals surface area (Å²) in [7, 11) is 0. The first-order valence-electron chi connectivity index (χ1n) is 9.21. The van der Waals surface area contributed by atoms with Gasteiger partial charge in [-0.2, -0.15) is 0 Å². The second kappa shape index (κ2) is 11.7. The summed E-state index contributed by atoms with van der Waals surface area (Å²) in [4.78, 5) is 4.69. The molecule has 0 bridgehead atoms. The lowest BCUT2D eigenvalue weighted by molar-refractivity contribution is 0.297. The number of aliphatic imine (C=N–C) groups is 1. The van der Waals surface area contributed by atoms with Crippen molar-refractivity contribution in [2.45, 2.75) is 25.8 Å². The number of nitrogens with zero attached hydrogens (tertiary/aromatic N) is 1. The summed E-state index contributed by atoms with van der Waals surface area (Å²) in [6.07, 6.45) is 6.89. The fourth-order valence-corrected chi connectivity index (χ4v) is 2.53. The number of benzene rings is 1. The zero-order valence-electron chi connectivity index (χ0n) is 15.5. The van der Waals surface area contributed by atoms with E-state index in [2.05, 4.69) is 28.3 Å². The van der Waals surface area contributed by atoms with E-state index in [9.17, 15) is 0 Å². The minimum atomic E-state index is 0. The molecule has 1 aliphatic carbocycles. The van der Waals surface area contributed by atoms with E-state index in [1.54, 1.807) is 6.26 Å². The van der Waals surface area contributed by atoms with Crippen LogP contribution in [-0.2, 0) is 13.0 Å². The van der Waals surface area contributed by atoms with Crippen molar-refractivity contribution in [3.63, 3.8) is 0 Å². The van der Waals surface area contributed by atoms with Crippen LogP contribution in [0.4, 0.5) is 0 Å². The molecule has 0 saturated heterocycles. The second-order valence-electron chi connectivity index (χ2n) is 6.45. The van der Waals surface area contributed by atoms with Crippen LogP contribution < -0.4 is 15.4 Å². The van der Waals surface area contributed by atoms with Gasteiger partial charge in [0.1, 0.15) is 11.5 Å². The molecular weight excluding hydrogens is 453 g/mol. The molecular formula is C21H28IN3O2. The molecule has 0 spiro atoms. The number of halogens is 1. The first kappa shape index (κ1) is 21.3. The van der Waals surface area contributed by atoms with Crippen LogP contribution in [0, 0.1) is 5.92 Å². The van der Waals surface area contributed by atoms with Crippen LogP contribution in [0.25, 0.3) is 0 Å². The zero-order chi connectivity index (χ0) is 18.0. The molecule has 0 radical (unpaired) electrons. The molecule has 1 heterocycles. The van der Waals surface area contributed by atoms with Crippen molar-refractivity contribution in [1.29, 1.82) is 0 Å². The molecule has 0 amide bonds. The van der Waals surface area contributed by atoms with E-state index < -0.39 is 0 Å². The average molecular weight is 481 g/mol. The molecule has 2 aromatic rings. The van der Waals surface area contributed by atoms with Crippen molar-refractivity contribution in [2.24, 2.45) is 10.9 Å². The molecule has 1 aromatic heterocycles. The third-order valence-corrected chi connectivity index (χ3v) is 4.21. The van der Waals surface area contributed by atoms with Crippen LogP contribution in [0.2, 0.25) is 0 Å². The number of guanidine groups is 1. The van der Waals surface area contributed by atoms with Crippen LogP contribution in [0.1, 0.15) is 24.2 Å². The highest BCUT2D eigenvalue weighted by molar-refractivity contribution is 14.0. The Morgan fingerprint density at radius 2 is 2.07 bits per heavy atom. The predicted molar refractivity (Wildman–Crippen MR) is 120 cm³/mol. The highest BCUT2D eigenvalue weighted by Crippen LogP contribution is 2.30. The summed E-state index contributed by atoms with van der Waals surface area (Å²) in [6, 6.07) is 12.0. The first-order valence-corrected chi connectivity index (χ1v) is 9.21. The van der Waals surface area contributed by atoms with Gasteiger partial charge in [0.25, 0.3) is 0 Å². The van der Waals surface area contributed by atoms with E-state index >= 15 is 0 Å². The maximum atomic E-state index is 5.97. The Labute approximate surface area is 178 Å². The minimum Gasteiger partial charge on any atom is -0.493 e. The van der Waals surface area contributed by atoms with Crippen molar-refractivity contribution in [1.82, 2.24) is 10.6 Å². The van der Waals surface area contributed by atoms with Gasteiger partial charge in [-0.05, 0) is 37.0 Å². The Balaban J connectivity index is 0.00000261. The maximum absolute atomic E-state index is 5.97. The van der Waals surface area contributed by atoms with Gasteiger partial charge in [0.05, 0.1) is 19.4 Å². The molecule has 3 rings (SSSR count). The topological polar surface area (TPSA) is 58.8 Å². The Morgan fingerprint density at radius 3 is 2.81 bits per heavy atom. The quantitative estimate of drug-likeness (QED) is 0.232. The van der Waals surface area contributed by atoms with Crippen molar-refractivity contribution in [3.05, 3.63) is 66.6 Å². The van der Waals surface area contributed by atoms with Crippen molar-refractivity contribution in [2.75, 3.05) is 19.7 Å². The van der Waals surface area contributed by atoms with Gasteiger partial charge in [0, 0.05) is 25.1 Å². The summed E-state index contributed by atoms with van der Waals surface area (Å²) in [5, 5.41) is 6.58. The summed E-state index contributed by atoms with van der Waals surface area (Å²) in [5.41, 5.74) is 1.10. The van der Waals surface area contributed by atoms with E-state index in [0.29, 0.717) is 13.1 Å². The molecule has 27 heavy (non-hydrogen) atoms. The molecule has 0 aliphatic heterocycles. The predicted octanol–water partition coefficient (Wildman–Crippen LogP) is 4.15. The Kier molecular flexibility index (Phi) is 9.24. The van der Waals surface area contributed by atoms with Crippen LogP contribution in [0.15, 0.2) is 64.7 Å². The molecule has 5 nitrogen and oxygen atoms in total. The lowest BCUT2D eigenvalue weighted by Crippen LogP contribution is -2.38.